The summed E-state index contributed by atoms with van der Waals surface area (Å²) in [6.07, 6.45) is 5.01. The molecule has 0 saturated heterocycles. The Morgan fingerprint density at radius 3 is 2.77 bits per heavy atom. The molecular formula is C11H15NO. The van der Waals surface area contributed by atoms with E-state index in [-0.39, 0.29) is 0 Å². The molecule has 0 atom stereocenters. The fraction of sp³-hybridized carbons (Fsp3) is 0.364. The maximum absolute atomic E-state index is 4.56. The number of hydrogen-bond donors (Lipinski definition) is 0. The van der Waals surface area contributed by atoms with Gasteiger partial charge in [-0.05, 0) is 24.8 Å². The molecule has 70 valence electrons. The minimum Gasteiger partial charge on any atom is -0.399 e. The molecule has 0 aliphatic carbocycles. The highest BCUT2D eigenvalue weighted by molar-refractivity contribution is 5.56. The van der Waals surface area contributed by atoms with E-state index in [9.17, 15) is 0 Å². The molecule has 0 radical (unpaired) electrons. The molecule has 0 saturated carbocycles. The van der Waals surface area contributed by atoms with Gasteiger partial charge in [0.2, 0.25) is 0 Å². The number of aryl methyl sites for hydroxylation is 1. The van der Waals surface area contributed by atoms with Crippen LogP contribution in [0.4, 0.5) is 0 Å². The number of hydrogen-bond acceptors (Lipinski definition) is 2. The molecule has 1 rings (SSSR count). The molecule has 1 aromatic carbocycles. The van der Waals surface area contributed by atoms with Crippen LogP contribution in [0.25, 0.3) is 0 Å². The van der Waals surface area contributed by atoms with E-state index >= 15 is 0 Å². The van der Waals surface area contributed by atoms with Crippen molar-refractivity contribution < 1.29 is 4.84 Å². The first-order valence-electron chi connectivity index (χ1n) is 4.52. The Kier molecular flexibility index (Phi) is 4.69. The Morgan fingerprint density at radius 2 is 2.08 bits per heavy atom. The number of nitrogens with zero attached hydrogens (tertiary/aromatic N) is 1. The van der Waals surface area contributed by atoms with Crippen molar-refractivity contribution in [3.8, 4) is 0 Å². The molecule has 0 bridgehead atoms. The summed E-state index contributed by atoms with van der Waals surface area (Å²) in [7, 11) is 1.56. The summed E-state index contributed by atoms with van der Waals surface area (Å²) in [6, 6.07) is 10.5. The number of rotatable bonds is 5. The fourth-order valence-corrected chi connectivity index (χ4v) is 1.17. The van der Waals surface area contributed by atoms with E-state index in [2.05, 4.69) is 34.3 Å². The van der Waals surface area contributed by atoms with Gasteiger partial charge in [0.25, 0.3) is 0 Å². The Labute approximate surface area is 79.2 Å². The lowest BCUT2D eigenvalue weighted by Crippen LogP contribution is -1.85. The normalized spacial score (nSPS) is 10.5. The van der Waals surface area contributed by atoms with E-state index in [0.29, 0.717) is 0 Å². The molecule has 0 N–H and O–H groups in total. The third kappa shape index (κ3) is 4.31. The van der Waals surface area contributed by atoms with E-state index in [4.69, 9.17) is 0 Å². The van der Waals surface area contributed by atoms with Crippen LogP contribution in [0.15, 0.2) is 35.5 Å². The molecule has 0 amide bonds. The average molecular weight is 177 g/mol. The van der Waals surface area contributed by atoms with Gasteiger partial charge in [-0.15, -0.1) is 0 Å². The van der Waals surface area contributed by atoms with Crippen molar-refractivity contribution in [2.45, 2.75) is 19.3 Å². The predicted molar refractivity (Wildman–Crippen MR) is 54.9 cm³/mol. The highest BCUT2D eigenvalue weighted by Crippen LogP contribution is 2.03. The quantitative estimate of drug-likeness (QED) is 0.385. The topological polar surface area (TPSA) is 21.6 Å². The second-order valence-electron chi connectivity index (χ2n) is 2.85. The summed E-state index contributed by atoms with van der Waals surface area (Å²) in [5.74, 6) is 0. The van der Waals surface area contributed by atoms with Crippen LogP contribution in [0.3, 0.4) is 0 Å². The standard InChI is InChI=1S/C11H15NO/c1-13-12-10-6-5-9-11-7-3-2-4-8-11/h2-4,7-8,10H,5-6,9H2,1H3. The zero-order valence-electron chi connectivity index (χ0n) is 7.94. The second-order valence-corrected chi connectivity index (χ2v) is 2.85. The van der Waals surface area contributed by atoms with Gasteiger partial charge in [0, 0.05) is 6.21 Å². The number of benzene rings is 1. The van der Waals surface area contributed by atoms with Gasteiger partial charge >= 0.3 is 0 Å². The summed E-state index contributed by atoms with van der Waals surface area (Å²) in [5.41, 5.74) is 1.38. The summed E-state index contributed by atoms with van der Waals surface area (Å²) < 4.78 is 0. The first-order chi connectivity index (χ1) is 6.43. The monoisotopic (exact) mass is 177 g/mol. The van der Waals surface area contributed by atoms with Crippen molar-refractivity contribution in [1.29, 1.82) is 0 Å². The summed E-state index contributed by atoms with van der Waals surface area (Å²) in [6.45, 7) is 0. The molecule has 2 nitrogen and oxygen atoms in total. The summed E-state index contributed by atoms with van der Waals surface area (Å²) in [4.78, 5) is 4.56. The highest BCUT2D eigenvalue weighted by atomic mass is 16.6. The molecule has 0 aliphatic heterocycles. The minimum absolute atomic E-state index is 0.975. The number of oxime groups is 1. The van der Waals surface area contributed by atoms with Crippen molar-refractivity contribution in [2.24, 2.45) is 5.16 Å². The Morgan fingerprint density at radius 1 is 1.31 bits per heavy atom. The largest absolute Gasteiger partial charge is 0.399 e. The molecule has 0 heterocycles. The van der Waals surface area contributed by atoms with Crippen LogP contribution >= 0.6 is 0 Å². The van der Waals surface area contributed by atoms with E-state index < -0.39 is 0 Å². The van der Waals surface area contributed by atoms with E-state index in [1.165, 1.54) is 5.56 Å². The van der Waals surface area contributed by atoms with Crippen LogP contribution in [-0.2, 0) is 11.3 Å². The van der Waals surface area contributed by atoms with Crippen LogP contribution in [0, 0.1) is 0 Å². The van der Waals surface area contributed by atoms with Crippen molar-refractivity contribution in [3.63, 3.8) is 0 Å². The third-order valence-electron chi connectivity index (χ3n) is 1.82. The van der Waals surface area contributed by atoms with E-state index in [0.717, 1.165) is 19.3 Å². The van der Waals surface area contributed by atoms with Gasteiger partial charge in [-0.2, -0.15) is 0 Å². The molecular weight excluding hydrogens is 162 g/mol. The van der Waals surface area contributed by atoms with Crippen LogP contribution in [-0.4, -0.2) is 13.3 Å². The van der Waals surface area contributed by atoms with Gasteiger partial charge in [-0.3, -0.25) is 0 Å². The van der Waals surface area contributed by atoms with Crippen LogP contribution in [0.1, 0.15) is 18.4 Å². The summed E-state index contributed by atoms with van der Waals surface area (Å²) in [5, 5.41) is 3.68. The first kappa shape index (κ1) is 9.78. The van der Waals surface area contributed by atoms with Gasteiger partial charge < -0.3 is 4.84 Å². The Hall–Kier alpha value is -1.31. The van der Waals surface area contributed by atoms with Crippen LogP contribution in [0.5, 0.6) is 0 Å². The van der Waals surface area contributed by atoms with Crippen molar-refractivity contribution >= 4 is 6.21 Å². The van der Waals surface area contributed by atoms with Crippen LogP contribution in [0.2, 0.25) is 0 Å². The second kappa shape index (κ2) is 6.23. The lowest BCUT2D eigenvalue weighted by Gasteiger charge is -1.97. The molecule has 0 aromatic heterocycles. The maximum Gasteiger partial charge on any atom is 0.106 e. The highest BCUT2D eigenvalue weighted by Gasteiger charge is 1.89. The molecule has 2 heteroatoms. The first-order valence-corrected chi connectivity index (χ1v) is 4.52. The fourth-order valence-electron chi connectivity index (χ4n) is 1.17. The minimum atomic E-state index is 0.975. The van der Waals surface area contributed by atoms with Crippen LogP contribution < -0.4 is 0 Å². The van der Waals surface area contributed by atoms with Crippen molar-refractivity contribution in [2.75, 3.05) is 7.11 Å². The smallest absolute Gasteiger partial charge is 0.106 e. The molecule has 0 spiro atoms. The van der Waals surface area contributed by atoms with Crippen molar-refractivity contribution in [3.05, 3.63) is 35.9 Å². The Bertz CT molecular complexity index is 244. The van der Waals surface area contributed by atoms with E-state index in [1.807, 2.05) is 12.3 Å². The van der Waals surface area contributed by atoms with Gasteiger partial charge in [-0.25, -0.2) is 0 Å². The molecule has 1 aromatic rings. The SMILES string of the molecule is CON=CCCCc1ccccc1. The lowest BCUT2D eigenvalue weighted by molar-refractivity contribution is 0.214. The molecule has 0 aliphatic rings. The molecule has 0 unspecified atom stereocenters. The van der Waals surface area contributed by atoms with Gasteiger partial charge in [-0.1, -0.05) is 35.5 Å². The van der Waals surface area contributed by atoms with E-state index in [1.54, 1.807) is 7.11 Å². The zero-order valence-corrected chi connectivity index (χ0v) is 7.94. The van der Waals surface area contributed by atoms with Gasteiger partial charge in [0.1, 0.15) is 7.11 Å². The molecule has 13 heavy (non-hydrogen) atoms. The third-order valence-corrected chi connectivity index (χ3v) is 1.82. The number of unbranched alkanes of at least 4 members (excludes halogenated alkanes) is 1. The lowest BCUT2D eigenvalue weighted by atomic mass is 10.1. The van der Waals surface area contributed by atoms with Crippen molar-refractivity contribution in [1.82, 2.24) is 0 Å². The Balaban J connectivity index is 2.17. The van der Waals surface area contributed by atoms with Gasteiger partial charge in [0.15, 0.2) is 0 Å². The zero-order chi connectivity index (χ0) is 9.36. The maximum atomic E-state index is 4.56. The summed E-state index contributed by atoms with van der Waals surface area (Å²) >= 11 is 0. The predicted octanol–water partition coefficient (Wildman–Crippen LogP) is 2.64. The van der Waals surface area contributed by atoms with Gasteiger partial charge in [0.05, 0.1) is 0 Å². The average Bonchev–Trinajstić information content (AvgIpc) is 2.19. The molecule has 0 fully saturated rings.